The maximum absolute atomic E-state index is 12.3. The number of ether oxygens (including phenoxy) is 1. The van der Waals surface area contributed by atoms with Gasteiger partial charge in [0.25, 0.3) is 5.91 Å². The Morgan fingerprint density at radius 2 is 2.26 bits per heavy atom. The molecule has 0 radical (unpaired) electrons. The van der Waals surface area contributed by atoms with Crippen LogP contribution in [-0.2, 0) is 11.2 Å². The van der Waals surface area contributed by atoms with Crippen molar-refractivity contribution in [3.8, 4) is 0 Å². The van der Waals surface area contributed by atoms with Crippen LogP contribution < -0.4 is 11.1 Å². The van der Waals surface area contributed by atoms with E-state index in [-0.39, 0.29) is 11.9 Å². The van der Waals surface area contributed by atoms with Crippen molar-refractivity contribution in [1.82, 2.24) is 15.5 Å². The summed E-state index contributed by atoms with van der Waals surface area (Å²) in [7, 11) is 1.60. The molecule has 1 aromatic heterocycles. The molecule has 1 atom stereocenters. The Balaban J connectivity index is 2.83. The molecular weight excluding hydrogens is 244 g/mol. The smallest absolute Gasteiger partial charge is 0.253 e. The van der Waals surface area contributed by atoms with Gasteiger partial charge in [-0.25, -0.2) is 0 Å². The van der Waals surface area contributed by atoms with Crippen molar-refractivity contribution in [2.75, 3.05) is 20.3 Å². The van der Waals surface area contributed by atoms with E-state index in [1.54, 1.807) is 13.2 Å². The van der Waals surface area contributed by atoms with E-state index in [1.807, 2.05) is 13.8 Å². The van der Waals surface area contributed by atoms with Crippen molar-refractivity contribution in [3.05, 3.63) is 23.0 Å². The van der Waals surface area contributed by atoms with E-state index < -0.39 is 0 Å². The minimum absolute atomic E-state index is 0.0827. The first-order valence-electron chi connectivity index (χ1n) is 6.45. The first kappa shape index (κ1) is 15.5. The fourth-order valence-corrected chi connectivity index (χ4v) is 1.83. The Labute approximate surface area is 113 Å². The van der Waals surface area contributed by atoms with Gasteiger partial charge in [0.15, 0.2) is 0 Å². The van der Waals surface area contributed by atoms with Crippen LogP contribution in [0.3, 0.4) is 0 Å². The molecule has 1 rings (SSSR count). The number of carbonyl (C=O) groups excluding carboxylic acids is 1. The van der Waals surface area contributed by atoms with Crippen LogP contribution in [0.2, 0.25) is 0 Å². The van der Waals surface area contributed by atoms with Gasteiger partial charge in [0, 0.05) is 7.11 Å². The Hall–Kier alpha value is -1.53. The second kappa shape index (κ2) is 7.81. The largest absolute Gasteiger partial charge is 0.383 e. The molecule has 0 fully saturated rings. The van der Waals surface area contributed by atoms with Gasteiger partial charge in [0.2, 0.25) is 0 Å². The first-order chi connectivity index (χ1) is 9.12. The van der Waals surface area contributed by atoms with Gasteiger partial charge in [-0.1, -0.05) is 6.92 Å². The average Bonchev–Trinajstić information content (AvgIpc) is 2.39. The quantitative estimate of drug-likeness (QED) is 0.747. The number of hydrogen-bond donors (Lipinski definition) is 2. The fraction of sp³-hybridized carbons (Fsp3) is 0.615. The lowest BCUT2D eigenvalue weighted by Crippen LogP contribution is -2.40. The molecule has 0 bridgehead atoms. The Bertz CT molecular complexity index is 417. The molecule has 0 aliphatic carbocycles. The number of hydrogen-bond acceptors (Lipinski definition) is 5. The minimum atomic E-state index is -0.148. The highest BCUT2D eigenvalue weighted by Crippen LogP contribution is 2.08. The molecule has 0 saturated heterocycles. The zero-order valence-electron chi connectivity index (χ0n) is 11.8. The number of rotatable bonds is 7. The van der Waals surface area contributed by atoms with E-state index in [0.717, 1.165) is 5.69 Å². The molecule has 106 valence electrons. The number of aromatic nitrogens is 2. The van der Waals surface area contributed by atoms with Crippen LogP contribution in [0.15, 0.2) is 6.07 Å². The molecule has 6 heteroatoms. The first-order valence-corrected chi connectivity index (χ1v) is 6.45. The number of methoxy groups -OCH3 is 1. The predicted molar refractivity (Wildman–Crippen MR) is 72.9 cm³/mol. The molecule has 0 aromatic carbocycles. The molecule has 0 saturated carbocycles. The van der Waals surface area contributed by atoms with Gasteiger partial charge in [-0.2, -0.15) is 10.2 Å². The van der Waals surface area contributed by atoms with E-state index in [1.165, 1.54) is 0 Å². The zero-order chi connectivity index (χ0) is 14.3. The van der Waals surface area contributed by atoms with Gasteiger partial charge in [0.1, 0.15) is 0 Å². The molecule has 0 spiro atoms. The summed E-state index contributed by atoms with van der Waals surface area (Å²) in [5.74, 6) is -0.148. The summed E-state index contributed by atoms with van der Waals surface area (Å²) in [6.45, 7) is 4.71. The van der Waals surface area contributed by atoms with E-state index in [2.05, 4.69) is 15.5 Å². The summed E-state index contributed by atoms with van der Waals surface area (Å²) >= 11 is 0. The third kappa shape index (κ3) is 4.57. The third-order valence-corrected chi connectivity index (χ3v) is 2.79. The molecule has 0 aliphatic rings. The second-order valence-electron chi connectivity index (χ2n) is 4.40. The number of amides is 1. The van der Waals surface area contributed by atoms with Gasteiger partial charge >= 0.3 is 0 Å². The van der Waals surface area contributed by atoms with Crippen LogP contribution in [0.25, 0.3) is 0 Å². The van der Waals surface area contributed by atoms with E-state index in [9.17, 15) is 4.79 Å². The fourth-order valence-electron chi connectivity index (χ4n) is 1.83. The van der Waals surface area contributed by atoms with Gasteiger partial charge in [-0.15, -0.1) is 0 Å². The molecular formula is C13H22N4O2. The summed E-state index contributed by atoms with van der Waals surface area (Å²) in [5, 5.41) is 10.9. The van der Waals surface area contributed by atoms with Crippen molar-refractivity contribution in [2.24, 2.45) is 5.73 Å². The van der Waals surface area contributed by atoms with Gasteiger partial charge in [-0.3, -0.25) is 4.79 Å². The number of nitrogens with two attached hydrogens (primary N) is 1. The lowest BCUT2D eigenvalue weighted by molar-refractivity contribution is 0.0891. The Morgan fingerprint density at radius 1 is 1.53 bits per heavy atom. The van der Waals surface area contributed by atoms with Crippen LogP contribution in [0, 0.1) is 6.92 Å². The second-order valence-corrected chi connectivity index (χ2v) is 4.40. The molecule has 1 heterocycles. The predicted octanol–water partition coefficient (Wildman–Crippen LogP) is 0.441. The average molecular weight is 266 g/mol. The minimum Gasteiger partial charge on any atom is -0.383 e. The molecule has 3 N–H and O–H groups in total. The van der Waals surface area contributed by atoms with Crippen LogP contribution in [0.1, 0.15) is 35.1 Å². The number of carbonyl (C=O) groups is 1. The summed E-state index contributed by atoms with van der Waals surface area (Å²) in [6.07, 6.45) is 1.35. The highest BCUT2D eigenvalue weighted by molar-refractivity contribution is 5.95. The zero-order valence-corrected chi connectivity index (χ0v) is 11.8. The molecule has 6 nitrogen and oxygen atoms in total. The Kier molecular flexibility index (Phi) is 6.38. The van der Waals surface area contributed by atoms with Crippen LogP contribution in [0.4, 0.5) is 0 Å². The molecule has 0 aliphatic heterocycles. The summed E-state index contributed by atoms with van der Waals surface area (Å²) in [5.41, 5.74) is 7.53. The normalized spacial score (nSPS) is 12.2. The van der Waals surface area contributed by atoms with Crippen molar-refractivity contribution < 1.29 is 9.53 Å². The third-order valence-electron chi connectivity index (χ3n) is 2.79. The monoisotopic (exact) mass is 266 g/mol. The molecule has 1 aromatic rings. The van der Waals surface area contributed by atoms with Gasteiger partial charge < -0.3 is 15.8 Å². The van der Waals surface area contributed by atoms with Gasteiger partial charge in [-0.05, 0) is 32.4 Å². The summed E-state index contributed by atoms with van der Waals surface area (Å²) < 4.78 is 5.08. The summed E-state index contributed by atoms with van der Waals surface area (Å²) in [4.78, 5) is 12.3. The SMILES string of the molecule is CCc1nnc(C)cc1C(=O)NC(CCN)COC. The Morgan fingerprint density at radius 3 is 2.84 bits per heavy atom. The van der Waals surface area contributed by atoms with E-state index >= 15 is 0 Å². The summed E-state index contributed by atoms with van der Waals surface area (Å²) in [6, 6.07) is 1.67. The maximum atomic E-state index is 12.3. The standard InChI is InChI=1S/C13H22N4O2/c1-4-12-11(7-9(2)16-17-12)13(18)15-10(5-6-14)8-19-3/h7,10H,4-6,8,14H2,1-3H3,(H,15,18). The molecule has 1 amide bonds. The van der Waals surface area contributed by atoms with Gasteiger partial charge in [0.05, 0.1) is 29.6 Å². The molecule has 1 unspecified atom stereocenters. The highest BCUT2D eigenvalue weighted by atomic mass is 16.5. The molecule has 19 heavy (non-hydrogen) atoms. The number of nitrogens with zero attached hydrogens (tertiary/aromatic N) is 2. The lowest BCUT2D eigenvalue weighted by Gasteiger charge is -2.17. The topological polar surface area (TPSA) is 90.1 Å². The van der Waals surface area contributed by atoms with Crippen LogP contribution >= 0.6 is 0 Å². The van der Waals surface area contributed by atoms with Crippen LogP contribution in [-0.4, -0.2) is 42.4 Å². The van der Waals surface area contributed by atoms with E-state index in [0.29, 0.717) is 37.3 Å². The number of aryl methyl sites for hydroxylation is 2. The highest BCUT2D eigenvalue weighted by Gasteiger charge is 2.17. The van der Waals surface area contributed by atoms with Crippen LogP contribution in [0.5, 0.6) is 0 Å². The maximum Gasteiger partial charge on any atom is 0.253 e. The van der Waals surface area contributed by atoms with Crippen molar-refractivity contribution >= 4 is 5.91 Å². The lowest BCUT2D eigenvalue weighted by atomic mass is 10.1. The number of nitrogens with one attached hydrogen (secondary N) is 1. The van der Waals surface area contributed by atoms with Crippen molar-refractivity contribution in [1.29, 1.82) is 0 Å². The van der Waals surface area contributed by atoms with Crippen molar-refractivity contribution in [3.63, 3.8) is 0 Å². The van der Waals surface area contributed by atoms with E-state index in [4.69, 9.17) is 10.5 Å². The van der Waals surface area contributed by atoms with Crippen molar-refractivity contribution in [2.45, 2.75) is 32.7 Å².